The van der Waals surface area contributed by atoms with Gasteiger partial charge in [0.05, 0.1) is 5.69 Å². The Morgan fingerprint density at radius 3 is 2.44 bits per heavy atom. The fraction of sp³-hybridized carbons (Fsp3) is 0.250. The molecule has 0 aliphatic carbocycles. The second-order valence-electron chi connectivity index (χ2n) is 3.92. The zero-order valence-electron chi connectivity index (χ0n) is 10.3. The smallest absolute Gasteiger partial charge is 0.230 e. The van der Waals surface area contributed by atoms with Crippen LogP contribution in [0.1, 0.15) is 16.1 Å². The number of hydrogen-bond donors (Lipinski definition) is 2. The summed E-state index contributed by atoms with van der Waals surface area (Å²) in [4.78, 5) is 5.31. The van der Waals surface area contributed by atoms with E-state index in [1.807, 2.05) is 13.8 Å². The number of thiazole rings is 1. The van der Waals surface area contributed by atoms with Crippen LogP contribution in [0.4, 0.5) is 10.8 Å². The Kier molecular flexibility index (Phi) is 3.29. The predicted octanol–water partition coefficient (Wildman–Crippen LogP) is 3.89. The summed E-state index contributed by atoms with van der Waals surface area (Å²) in [5.41, 5.74) is 1.63. The van der Waals surface area contributed by atoms with Gasteiger partial charge in [0.2, 0.25) is 5.13 Å². The van der Waals surface area contributed by atoms with E-state index < -0.39 is 0 Å². The Bertz CT molecular complexity index is 601. The normalized spacial score (nSPS) is 11.3. The first-order chi connectivity index (χ1) is 8.49. The highest BCUT2D eigenvalue weighted by Gasteiger charge is 2.08. The zero-order valence-corrected chi connectivity index (χ0v) is 11.1. The van der Waals surface area contributed by atoms with E-state index in [4.69, 9.17) is 0 Å². The molecule has 0 aliphatic rings. The third-order valence-electron chi connectivity index (χ3n) is 2.64. The van der Waals surface area contributed by atoms with E-state index >= 15 is 0 Å². The maximum Gasteiger partial charge on any atom is 0.230 e. The van der Waals surface area contributed by atoms with E-state index in [2.05, 4.69) is 15.2 Å². The van der Waals surface area contributed by atoms with E-state index in [9.17, 15) is 10.2 Å². The topological polar surface area (TPSA) is 78.1 Å². The Hall–Kier alpha value is -1.95. The first-order valence-corrected chi connectivity index (χ1v) is 6.18. The Balaban J connectivity index is 2.32. The number of azo groups is 1. The third kappa shape index (κ3) is 2.33. The van der Waals surface area contributed by atoms with E-state index in [-0.39, 0.29) is 11.5 Å². The first-order valence-electron chi connectivity index (χ1n) is 5.36. The molecule has 0 spiro atoms. The summed E-state index contributed by atoms with van der Waals surface area (Å²) in [6, 6.07) is 2.98. The summed E-state index contributed by atoms with van der Waals surface area (Å²) >= 11 is 1.44. The van der Waals surface area contributed by atoms with Gasteiger partial charge in [-0.3, -0.25) is 0 Å². The van der Waals surface area contributed by atoms with Crippen LogP contribution in [-0.2, 0) is 0 Å². The van der Waals surface area contributed by atoms with Crippen molar-refractivity contribution in [1.82, 2.24) is 4.98 Å². The van der Waals surface area contributed by atoms with Crippen molar-refractivity contribution in [3.05, 3.63) is 28.3 Å². The summed E-state index contributed by atoms with van der Waals surface area (Å²) in [6.07, 6.45) is 0. The molecule has 94 valence electrons. The summed E-state index contributed by atoms with van der Waals surface area (Å²) in [6.45, 7) is 5.49. The number of benzene rings is 1. The van der Waals surface area contributed by atoms with Gasteiger partial charge >= 0.3 is 0 Å². The van der Waals surface area contributed by atoms with Gasteiger partial charge in [0.1, 0.15) is 17.2 Å². The highest BCUT2D eigenvalue weighted by atomic mass is 32.1. The van der Waals surface area contributed by atoms with Gasteiger partial charge in [-0.25, -0.2) is 4.98 Å². The molecular formula is C12H13N3O2S. The van der Waals surface area contributed by atoms with Crippen molar-refractivity contribution in [2.75, 3.05) is 0 Å². The molecule has 6 heteroatoms. The zero-order chi connectivity index (χ0) is 13.3. The van der Waals surface area contributed by atoms with Crippen LogP contribution in [0.3, 0.4) is 0 Å². The van der Waals surface area contributed by atoms with Gasteiger partial charge in [0.25, 0.3) is 0 Å². The first kappa shape index (κ1) is 12.5. The molecule has 0 atom stereocenters. The lowest BCUT2D eigenvalue weighted by Gasteiger charge is -2.03. The Morgan fingerprint density at radius 1 is 1.11 bits per heavy atom. The average molecular weight is 263 g/mol. The van der Waals surface area contributed by atoms with Crippen molar-refractivity contribution < 1.29 is 10.2 Å². The van der Waals surface area contributed by atoms with Gasteiger partial charge in [0, 0.05) is 10.4 Å². The summed E-state index contributed by atoms with van der Waals surface area (Å²) in [7, 11) is 0. The standard InChI is InChI=1S/C12H13N3O2S/c1-6-10(16)5-4-9(11(6)17)14-15-12-13-7(2)8(3)18-12/h4-5,16-17H,1-3H3. The number of aryl methyl sites for hydroxylation is 2. The van der Waals surface area contributed by atoms with Crippen molar-refractivity contribution >= 4 is 22.2 Å². The molecule has 2 aromatic rings. The van der Waals surface area contributed by atoms with Gasteiger partial charge in [0.15, 0.2) is 0 Å². The number of aromatic nitrogens is 1. The molecule has 18 heavy (non-hydrogen) atoms. The Morgan fingerprint density at radius 2 is 1.83 bits per heavy atom. The van der Waals surface area contributed by atoms with E-state index in [0.717, 1.165) is 10.6 Å². The van der Waals surface area contributed by atoms with E-state index in [1.54, 1.807) is 6.92 Å². The van der Waals surface area contributed by atoms with Crippen molar-refractivity contribution in [2.24, 2.45) is 10.2 Å². The average Bonchev–Trinajstić information content (AvgIpc) is 2.65. The molecule has 2 rings (SSSR count). The van der Waals surface area contributed by atoms with Crippen molar-refractivity contribution in [3.63, 3.8) is 0 Å². The van der Waals surface area contributed by atoms with Crippen LogP contribution in [0.5, 0.6) is 11.5 Å². The number of phenolic OH excluding ortho intramolecular Hbond substituents is 2. The van der Waals surface area contributed by atoms with Gasteiger partial charge in [-0.2, -0.15) is 0 Å². The van der Waals surface area contributed by atoms with Gasteiger partial charge in [-0.1, -0.05) is 11.3 Å². The lowest BCUT2D eigenvalue weighted by Crippen LogP contribution is -1.76. The molecular weight excluding hydrogens is 250 g/mol. The molecule has 1 heterocycles. The van der Waals surface area contributed by atoms with Crippen molar-refractivity contribution in [2.45, 2.75) is 20.8 Å². The number of phenols is 2. The minimum atomic E-state index is -0.0660. The summed E-state index contributed by atoms with van der Waals surface area (Å²) < 4.78 is 0. The monoisotopic (exact) mass is 263 g/mol. The largest absolute Gasteiger partial charge is 0.508 e. The quantitative estimate of drug-likeness (QED) is 0.807. The number of rotatable bonds is 2. The van der Waals surface area contributed by atoms with Crippen LogP contribution in [0.25, 0.3) is 0 Å². The van der Waals surface area contributed by atoms with Crippen LogP contribution < -0.4 is 0 Å². The summed E-state index contributed by atoms with van der Waals surface area (Å²) in [5.74, 6) is -0.0314. The maximum atomic E-state index is 9.79. The molecule has 1 aromatic heterocycles. The Labute approximate surface area is 108 Å². The summed E-state index contributed by atoms with van der Waals surface area (Å²) in [5, 5.41) is 27.7. The molecule has 5 nitrogen and oxygen atoms in total. The van der Waals surface area contributed by atoms with Crippen LogP contribution in [0, 0.1) is 20.8 Å². The maximum absolute atomic E-state index is 9.79. The minimum absolute atomic E-state index is 0.0346. The molecule has 0 saturated heterocycles. The number of hydrogen-bond acceptors (Lipinski definition) is 6. The molecule has 0 radical (unpaired) electrons. The molecule has 0 fully saturated rings. The van der Waals surface area contributed by atoms with Gasteiger partial charge in [-0.05, 0) is 32.9 Å². The highest BCUT2D eigenvalue weighted by Crippen LogP contribution is 2.36. The predicted molar refractivity (Wildman–Crippen MR) is 70.3 cm³/mol. The fourth-order valence-corrected chi connectivity index (χ4v) is 2.08. The van der Waals surface area contributed by atoms with Gasteiger partial charge in [-0.15, -0.1) is 10.2 Å². The molecule has 1 aromatic carbocycles. The molecule has 0 amide bonds. The lowest BCUT2D eigenvalue weighted by atomic mass is 10.2. The van der Waals surface area contributed by atoms with Crippen molar-refractivity contribution in [3.8, 4) is 11.5 Å². The van der Waals surface area contributed by atoms with Gasteiger partial charge < -0.3 is 10.2 Å². The fourth-order valence-electron chi connectivity index (χ4n) is 1.35. The van der Waals surface area contributed by atoms with Crippen LogP contribution in [-0.4, -0.2) is 15.2 Å². The molecule has 0 aliphatic heterocycles. The van der Waals surface area contributed by atoms with E-state index in [0.29, 0.717) is 16.4 Å². The molecule has 0 unspecified atom stereocenters. The molecule has 0 saturated carbocycles. The third-order valence-corrected chi connectivity index (χ3v) is 3.60. The number of aromatic hydroxyl groups is 2. The van der Waals surface area contributed by atoms with E-state index in [1.165, 1.54) is 23.5 Å². The second-order valence-corrected chi connectivity index (χ2v) is 5.10. The SMILES string of the molecule is Cc1nc(N=Nc2ccc(O)c(C)c2O)sc1C. The minimum Gasteiger partial charge on any atom is -0.508 e. The van der Waals surface area contributed by atoms with Crippen LogP contribution >= 0.6 is 11.3 Å². The number of nitrogens with zero attached hydrogens (tertiary/aromatic N) is 3. The molecule has 2 N–H and O–H groups in total. The van der Waals surface area contributed by atoms with Crippen LogP contribution in [0.2, 0.25) is 0 Å². The molecule has 0 bridgehead atoms. The van der Waals surface area contributed by atoms with Crippen LogP contribution in [0.15, 0.2) is 22.4 Å². The lowest BCUT2D eigenvalue weighted by molar-refractivity contribution is 0.444. The second kappa shape index (κ2) is 4.73. The van der Waals surface area contributed by atoms with Crippen molar-refractivity contribution in [1.29, 1.82) is 0 Å². The highest BCUT2D eigenvalue weighted by molar-refractivity contribution is 7.15.